The van der Waals surface area contributed by atoms with Gasteiger partial charge in [-0.15, -0.1) is 0 Å². The van der Waals surface area contributed by atoms with E-state index in [-0.39, 0.29) is 11.8 Å². The number of nitrogens with one attached hydrogen (secondary N) is 1. The van der Waals surface area contributed by atoms with Gasteiger partial charge in [-0.1, -0.05) is 75.4 Å². The summed E-state index contributed by atoms with van der Waals surface area (Å²) in [6.45, 7) is 9.10. The molecule has 2 rings (SSSR count). The molecule has 0 aliphatic rings. The van der Waals surface area contributed by atoms with E-state index in [1.807, 2.05) is 37.3 Å². The van der Waals surface area contributed by atoms with Crippen LogP contribution in [0.5, 0.6) is 0 Å². The first-order valence-electron chi connectivity index (χ1n) is 10.6. The topological polar surface area (TPSA) is 49.4 Å². The predicted octanol–water partition coefficient (Wildman–Crippen LogP) is 4.37. The van der Waals surface area contributed by atoms with Crippen LogP contribution in [0.3, 0.4) is 0 Å². The van der Waals surface area contributed by atoms with E-state index in [1.54, 1.807) is 4.90 Å². The van der Waals surface area contributed by atoms with E-state index in [2.05, 4.69) is 50.4 Å². The van der Waals surface area contributed by atoms with E-state index in [0.29, 0.717) is 31.8 Å². The Morgan fingerprint density at radius 1 is 0.897 bits per heavy atom. The molecule has 0 saturated heterocycles. The molecule has 156 valence electrons. The first-order chi connectivity index (χ1) is 13.9. The molecule has 2 aromatic carbocycles. The smallest absolute Gasteiger partial charge is 0.242 e. The lowest BCUT2D eigenvalue weighted by molar-refractivity contribution is -0.140. The summed E-state index contributed by atoms with van der Waals surface area (Å²) in [4.78, 5) is 27.4. The molecule has 0 saturated carbocycles. The Hall–Kier alpha value is -2.62. The van der Waals surface area contributed by atoms with Gasteiger partial charge in [-0.3, -0.25) is 9.59 Å². The summed E-state index contributed by atoms with van der Waals surface area (Å²) >= 11 is 0. The number of nitrogens with zero attached hydrogens (tertiary/aromatic N) is 1. The molecule has 29 heavy (non-hydrogen) atoms. The van der Waals surface area contributed by atoms with Gasteiger partial charge in [0, 0.05) is 19.5 Å². The average molecular weight is 395 g/mol. The van der Waals surface area contributed by atoms with Gasteiger partial charge >= 0.3 is 0 Å². The van der Waals surface area contributed by atoms with E-state index in [4.69, 9.17) is 0 Å². The van der Waals surface area contributed by atoms with Crippen LogP contribution in [-0.4, -0.2) is 29.3 Å². The van der Waals surface area contributed by atoms with Crippen LogP contribution in [0.2, 0.25) is 0 Å². The zero-order valence-corrected chi connectivity index (χ0v) is 18.2. The maximum absolute atomic E-state index is 13.1. The van der Waals surface area contributed by atoms with Crippen LogP contribution in [0.1, 0.15) is 50.8 Å². The van der Waals surface area contributed by atoms with Crippen LogP contribution in [-0.2, 0) is 29.0 Å². The van der Waals surface area contributed by atoms with E-state index < -0.39 is 6.04 Å². The van der Waals surface area contributed by atoms with Gasteiger partial charge in [-0.25, -0.2) is 0 Å². The van der Waals surface area contributed by atoms with Crippen molar-refractivity contribution in [2.45, 2.75) is 59.5 Å². The van der Waals surface area contributed by atoms with E-state index in [1.165, 1.54) is 5.56 Å². The summed E-state index contributed by atoms with van der Waals surface area (Å²) in [5, 5.41) is 2.96. The molecular weight excluding hydrogens is 360 g/mol. The van der Waals surface area contributed by atoms with Gasteiger partial charge in [0.2, 0.25) is 11.8 Å². The third kappa shape index (κ3) is 7.37. The van der Waals surface area contributed by atoms with Crippen LogP contribution >= 0.6 is 0 Å². The fourth-order valence-electron chi connectivity index (χ4n) is 3.15. The van der Waals surface area contributed by atoms with Crippen molar-refractivity contribution >= 4 is 11.8 Å². The van der Waals surface area contributed by atoms with Crippen molar-refractivity contribution in [1.29, 1.82) is 0 Å². The molecule has 4 nitrogen and oxygen atoms in total. The zero-order chi connectivity index (χ0) is 21.2. The molecule has 0 spiro atoms. The molecule has 0 aliphatic heterocycles. The van der Waals surface area contributed by atoms with E-state index in [9.17, 15) is 9.59 Å². The zero-order valence-electron chi connectivity index (χ0n) is 18.2. The average Bonchev–Trinajstić information content (AvgIpc) is 2.74. The second kappa shape index (κ2) is 11.4. The van der Waals surface area contributed by atoms with Crippen LogP contribution in [0.25, 0.3) is 0 Å². The number of carbonyl (C=O) groups excluding carboxylic acids is 2. The molecule has 0 aliphatic carbocycles. The number of hydrogen-bond acceptors (Lipinski definition) is 2. The molecule has 2 amide bonds. The van der Waals surface area contributed by atoms with Crippen molar-refractivity contribution in [3.63, 3.8) is 0 Å². The minimum absolute atomic E-state index is 0.000572. The molecule has 0 unspecified atom stereocenters. The second-order valence-corrected chi connectivity index (χ2v) is 7.99. The third-order valence-electron chi connectivity index (χ3n) is 5.11. The number of aryl methyl sites for hydroxylation is 2. The molecule has 0 heterocycles. The maximum atomic E-state index is 13.1. The fraction of sp³-hybridized carbons (Fsp3) is 0.440. The van der Waals surface area contributed by atoms with Crippen molar-refractivity contribution < 1.29 is 9.59 Å². The van der Waals surface area contributed by atoms with Crippen molar-refractivity contribution in [1.82, 2.24) is 10.2 Å². The lowest BCUT2D eigenvalue weighted by atomic mass is 10.0. The summed E-state index contributed by atoms with van der Waals surface area (Å²) < 4.78 is 0. The van der Waals surface area contributed by atoms with Crippen LogP contribution in [0.4, 0.5) is 0 Å². The van der Waals surface area contributed by atoms with Gasteiger partial charge in [-0.2, -0.15) is 0 Å². The van der Waals surface area contributed by atoms with Crippen molar-refractivity contribution in [2.75, 3.05) is 6.54 Å². The number of benzene rings is 2. The second-order valence-electron chi connectivity index (χ2n) is 7.99. The van der Waals surface area contributed by atoms with E-state index >= 15 is 0 Å². The maximum Gasteiger partial charge on any atom is 0.242 e. The minimum atomic E-state index is -0.510. The summed E-state index contributed by atoms with van der Waals surface area (Å²) in [7, 11) is 0. The summed E-state index contributed by atoms with van der Waals surface area (Å²) in [5.41, 5.74) is 3.46. The van der Waals surface area contributed by atoms with Gasteiger partial charge in [-0.05, 0) is 42.4 Å². The molecule has 0 bridgehead atoms. The summed E-state index contributed by atoms with van der Waals surface area (Å²) in [5.74, 6) is 0.270. The van der Waals surface area contributed by atoms with Gasteiger partial charge < -0.3 is 10.2 Å². The quantitative estimate of drug-likeness (QED) is 0.650. The minimum Gasteiger partial charge on any atom is -0.354 e. The Balaban J connectivity index is 2.07. The molecule has 2 aromatic rings. The summed E-state index contributed by atoms with van der Waals surface area (Å²) in [6.07, 6.45) is 2.07. The lowest BCUT2D eigenvalue weighted by Crippen LogP contribution is -2.48. The Morgan fingerprint density at radius 3 is 2.10 bits per heavy atom. The van der Waals surface area contributed by atoms with E-state index in [0.717, 1.165) is 17.5 Å². The van der Waals surface area contributed by atoms with Crippen LogP contribution < -0.4 is 5.32 Å². The highest BCUT2D eigenvalue weighted by atomic mass is 16.2. The molecule has 0 radical (unpaired) electrons. The normalized spacial score (nSPS) is 11.9. The highest BCUT2D eigenvalue weighted by molar-refractivity contribution is 5.87. The van der Waals surface area contributed by atoms with Gasteiger partial charge in [0.15, 0.2) is 0 Å². The van der Waals surface area contributed by atoms with Crippen molar-refractivity contribution in [3.8, 4) is 0 Å². The number of carbonyl (C=O) groups is 2. The first kappa shape index (κ1) is 22.7. The number of rotatable bonds is 10. The molecular formula is C25H34N2O2. The van der Waals surface area contributed by atoms with Crippen LogP contribution in [0.15, 0.2) is 54.6 Å². The number of hydrogen-bond donors (Lipinski definition) is 1. The van der Waals surface area contributed by atoms with Crippen molar-refractivity contribution in [3.05, 3.63) is 71.3 Å². The Bertz CT molecular complexity index is 769. The Kier molecular flexibility index (Phi) is 8.91. The molecule has 4 heteroatoms. The Morgan fingerprint density at radius 2 is 1.52 bits per heavy atom. The van der Waals surface area contributed by atoms with Gasteiger partial charge in [0.05, 0.1) is 0 Å². The van der Waals surface area contributed by atoms with Gasteiger partial charge in [0.1, 0.15) is 6.04 Å². The molecule has 1 atom stereocenters. The summed E-state index contributed by atoms with van der Waals surface area (Å²) in [6, 6.07) is 17.7. The molecule has 0 fully saturated rings. The highest BCUT2D eigenvalue weighted by Gasteiger charge is 2.25. The monoisotopic (exact) mass is 394 g/mol. The standard InChI is InChI=1S/C25H34N2O2/c1-5-21-11-13-22(14-12-21)15-16-24(28)27(18-23-9-7-6-8-10-23)20(4)25(29)26-17-19(2)3/h6-14,19-20H,5,15-18H2,1-4H3,(H,26,29)/t20-/m1/s1. The third-order valence-corrected chi connectivity index (χ3v) is 5.11. The van der Waals surface area contributed by atoms with Gasteiger partial charge in [0.25, 0.3) is 0 Å². The van der Waals surface area contributed by atoms with Crippen molar-refractivity contribution in [2.24, 2.45) is 5.92 Å². The Labute approximate surface area is 175 Å². The lowest BCUT2D eigenvalue weighted by Gasteiger charge is -2.29. The number of amides is 2. The van der Waals surface area contributed by atoms with Crippen LogP contribution in [0, 0.1) is 5.92 Å². The SMILES string of the molecule is CCc1ccc(CCC(=O)N(Cc2ccccc2)[C@H](C)C(=O)NCC(C)C)cc1. The first-order valence-corrected chi connectivity index (χ1v) is 10.6. The predicted molar refractivity (Wildman–Crippen MR) is 118 cm³/mol. The largest absolute Gasteiger partial charge is 0.354 e. The molecule has 0 aromatic heterocycles. The highest BCUT2D eigenvalue weighted by Crippen LogP contribution is 2.14. The molecule has 1 N–H and O–H groups in total. The fourth-order valence-corrected chi connectivity index (χ4v) is 3.15.